The molecule has 0 saturated heterocycles. The van der Waals surface area contributed by atoms with Gasteiger partial charge in [-0.25, -0.2) is 9.59 Å². The lowest BCUT2D eigenvalue weighted by Crippen LogP contribution is -2.51. The van der Waals surface area contributed by atoms with Crippen LogP contribution in [0.3, 0.4) is 0 Å². The number of carboxylic acids is 1. The largest absolute Gasteiger partial charge is 0.480 e. The van der Waals surface area contributed by atoms with Crippen molar-refractivity contribution in [2.24, 2.45) is 5.92 Å². The summed E-state index contributed by atoms with van der Waals surface area (Å²) in [6.07, 6.45) is 0.757. The van der Waals surface area contributed by atoms with Gasteiger partial charge in [-0.3, -0.25) is 4.79 Å². The molecule has 7 heteroatoms. The van der Waals surface area contributed by atoms with Gasteiger partial charge in [0.05, 0.1) is 0 Å². The van der Waals surface area contributed by atoms with Gasteiger partial charge in [-0.1, -0.05) is 75.7 Å². The van der Waals surface area contributed by atoms with Crippen molar-refractivity contribution in [3.8, 4) is 11.1 Å². The van der Waals surface area contributed by atoms with E-state index >= 15 is 0 Å². The van der Waals surface area contributed by atoms with Crippen LogP contribution in [-0.2, 0) is 14.3 Å². The molecule has 2 unspecified atom stereocenters. The molecule has 176 valence electrons. The number of hydrogen-bond donors (Lipinski definition) is 3. The number of rotatable bonds is 10. The summed E-state index contributed by atoms with van der Waals surface area (Å²) in [5.41, 5.74) is 4.47. The van der Waals surface area contributed by atoms with Crippen molar-refractivity contribution in [1.29, 1.82) is 0 Å². The van der Waals surface area contributed by atoms with E-state index in [1.54, 1.807) is 6.92 Å². The first-order chi connectivity index (χ1) is 15.8. The molecule has 1 aliphatic rings. The summed E-state index contributed by atoms with van der Waals surface area (Å²) in [4.78, 5) is 36.7. The molecule has 0 spiro atoms. The van der Waals surface area contributed by atoms with E-state index in [9.17, 15) is 19.5 Å². The van der Waals surface area contributed by atoms with Crippen LogP contribution >= 0.6 is 0 Å². The number of fused-ring (bicyclic) bond motifs is 3. The first-order valence-electron chi connectivity index (χ1n) is 11.5. The van der Waals surface area contributed by atoms with E-state index in [2.05, 4.69) is 22.8 Å². The Kier molecular flexibility index (Phi) is 8.09. The third kappa shape index (κ3) is 5.72. The Bertz CT molecular complexity index is 960. The molecule has 33 heavy (non-hydrogen) atoms. The highest BCUT2D eigenvalue weighted by atomic mass is 16.5. The van der Waals surface area contributed by atoms with Crippen LogP contribution < -0.4 is 10.6 Å². The van der Waals surface area contributed by atoms with E-state index in [0.29, 0.717) is 12.8 Å². The van der Waals surface area contributed by atoms with Gasteiger partial charge in [-0.15, -0.1) is 0 Å². The van der Waals surface area contributed by atoms with Crippen molar-refractivity contribution < 1.29 is 24.2 Å². The average molecular weight is 453 g/mol. The molecule has 2 aromatic carbocycles. The number of carbonyl (C=O) groups excluding carboxylic acids is 2. The summed E-state index contributed by atoms with van der Waals surface area (Å²) >= 11 is 0. The lowest BCUT2D eigenvalue weighted by atomic mass is 9.98. The minimum absolute atomic E-state index is 0.0797. The molecule has 3 N–H and O–H groups in total. The maximum atomic E-state index is 12.6. The van der Waals surface area contributed by atoms with Crippen LogP contribution in [0.2, 0.25) is 0 Å². The number of carbonyl (C=O) groups is 3. The van der Waals surface area contributed by atoms with Gasteiger partial charge in [0.25, 0.3) is 0 Å². The number of alkyl carbamates (subject to hydrolysis) is 1. The Balaban J connectivity index is 1.60. The Labute approximate surface area is 194 Å². The standard InChI is InChI=1S/C26H32N2O5/c1-4-16(3)14-23(25(30)31)27-24(29)22(5-2)28-26(32)33-15-21-19-12-8-6-10-17(19)18-11-7-9-13-20(18)21/h6-13,16,21-23H,4-5,14-15H2,1-3H3,(H,27,29)(H,28,32)(H,30,31)/t16?,22-,23?/m0/s1. The van der Waals surface area contributed by atoms with Gasteiger partial charge in [-0.05, 0) is 41.0 Å². The molecule has 0 aromatic heterocycles. The normalized spacial score (nSPS) is 15.0. The van der Waals surface area contributed by atoms with Gasteiger partial charge >= 0.3 is 12.1 Å². The third-order valence-electron chi connectivity index (χ3n) is 6.31. The zero-order chi connectivity index (χ0) is 24.0. The first kappa shape index (κ1) is 24.3. The Morgan fingerprint density at radius 1 is 0.909 bits per heavy atom. The second-order valence-corrected chi connectivity index (χ2v) is 8.58. The minimum Gasteiger partial charge on any atom is -0.480 e. The van der Waals surface area contributed by atoms with Crippen LogP contribution in [-0.4, -0.2) is 41.8 Å². The first-order valence-corrected chi connectivity index (χ1v) is 11.5. The number of carboxylic acid groups (broad SMARTS) is 1. The monoisotopic (exact) mass is 452 g/mol. The van der Waals surface area contributed by atoms with Gasteiger partial charge in [0.2, 0.25) is 5.91 Å². The predicted octanol–water partition coefficient (Wildman–Crippen LogP) is 4.31. The second kappa shape index (κ2) is 11.0. The van der Waals surface area contributed by atoms with Crippen molar-refractivity contribution in [3.63, 3.8) is 0 Å². The summed E-state index contributed by atoms with van der Waals surface area (Å²) in [5.74, 6) is -1.54. The highest BCUT2D eigenvalue weighted by molar-refractivity contribution is 5.89. The van der Waals surface area contributed by atoms with Gasteiger partial charge in [0, 0.05) is 5.92 Å². The Hall–Kier alpha value is -3.35. The summed E-state index contributed by atoms with van der Waals surface area (Å²) in [5, 5.41) is 14.6. The van der Waals surface area contributed by atoms with Crippen molar-refractivity contribution in [2.45, 2.75) is 58.0 Å². The van der Waals surface area contributed by atoms with Crippen molar-refractivity contribution in [1.82, 2.24) is 10.6 Å². The quantitative estimate of drug-likeness (QED) is 0.498. The van der Waals surface area contributed by atoms with Crippen LogP contribution in [0.5, 0.6) is 0 Å². The third-order valence-corrected chi connectivity index (χ3v) is 6.31. The van der Waals surface area contributed by atoms with E-state index in [0.717, 1.165) is 28.7 Å². The summed E-state index contributed by atoms with van der Waals surface area (Å²) in [7, 11) is 0. The fraction of sp³-hybridized carbons (Fsp3) is 0.423. The summed E-state index contributed by atoms with van der Waals surface area (Å²) in [6, 6.07) is 14.2. The maximum Gasteiger partial charge on any atom is 0.407 e. The van der Waals surface area contributed by atoms with E-state index in [1.807, 2.05) is 50.2 Å². The molecule has 0 bridgehead atoms. The molecule has 2 amide bonds. The molecule has 0 radical (unpaired) electrons. The molecule has 0 fully saturated rings. The topological polar surface area (TPSA) is 105 Å². The average Bonchev–Trinajstić information content (AvgIpc) is 3.14. The highest BCUT2D eigenvalue weighted by Gasteiger charge is 2.30. The van der Waals surface area contributed by atoms with Crippen molar-refractivity contribution >= 4 is 18.0 Å². The predicted molar refractivity (Wildman–Crippen MR) is 126 cm³/mol. The molecule has 3 atom stereocenters. The second-order valence-electron chi connectivity index (χ2n) is 8.58. The molecule has 2 aromatic rings. The fourth-order valence-electron chi connectivity index (χ4n) is 4.20. The van der Waals surface area contributed by atoms with Crippen LogP contribution in [0.25, 0.3) is 11.1 Å². The number of amides is 2. The van der Waals surface area contributed by atoms with E-state index in [4.69, 9.17) is 4.74 Å². The molecule has 3 rings (SSSR count). The van der Waals surface area contributed by atoms with Crippen LogP contribution in [0, 0.1) is 5.92 Å². The highest BCUT2D eigenvalue weighted by Crippen LogP contribution is 2.44. The molecular formula is C26H32N2O5. The number of aliphatic carboxylic acids is 1. The lowest BCUT2D eigenvalue weighted by Gasteiger charge is -2.22. The van der Waals surface area contributed by atoms with Crippen LogP contribution in [0.1, 0.15) is 57.1 Å². The molecule has 0 heterocycles. The SMILES string of the molecule is CCC(C)CC(NC(=O)[C@H](CC)NC(=O)OCC1c2ccccc2-c2ccccc21)C(=O)O. The van der Waals surface area contributed by atoms with Crippen molar-refractivity contribution in [2.75, 3.05) is 6.61 Å². The number of benzene rings is 2. The van der Waals surface area contributed by atoms with Crippen LogP contribution in [0.4, 0.5) is 4.79 Å². The zero-order valence-corrected chi connectivity index (χ0v) is 19.3. The van der Waals surface area contributed by atoms with E-state index in [1.165, 1.54) is 0 Å². The van der Waals surface area contributed by atoms with Gasteiger partial charge in [0.15, 0.2) is 0 Å². The minimum atomic E-state index is -1.08. The zero-order valence-electron chi connectivity index (χ0n) is 19.3. The molecule has 0 aliphatic heterocycles. The van der Waals surface area contributed by atoms with Gasteiger partial charge in [0.1, 0.15) is 18.7 Å². The Morgan fingerprint density at radius 3 is 2.00 bits per heavy atom. The maximum absolute atomic E-state index is 12.6. The summed E-state index contributed by atoms with van der Waals surface area (Å²) < 4.78 is 5.51. The Morgan fingerprint density at radius 2 is 1.48 bits per heavy atom. The smallest absolute Gasteiger partial charge is 0.407 e. The molecule has 7 nitrogen and oxygen atoms in total. The van der Waals surface area contributed by atoms with Gasteiger partial charge in [-0.2, -0.15) is 0 Å². The number of nitrogens with one attached hydrogen (secondary N) is 2. The van der Waals surface area contributed by atoms with E-state index in [-0.39, 0.29) is 18.4 Å². The number of ether oxygens (including phenoxy) is 1. The van der Waals surface area contributed by atoms with Gasteiger partial charge < -0.3 is 20.5 Å². The van der Waals surface area contributed by atoms with Crippen molar-refractivity contribution in [3.05, 3.63) is 59.7 Å². The number of hydrogen-bond acceptors (Lipinski definition) is 4. The molecule has 0 saturated carbocycles. The molecular weight excluding hydrogens is 420 g/mol. The summed E-state index contributed by atoms with van der Waals surface area (Å²) in [6.45, 7) is 5.80. The fourth-order valence-corrected chi connectivity index (χ4v) is 4.20. The van der Waals surface area contributed by atoms with E-state index < -0.39 is 30.1 Å². The lowest BCUT2D eigenvalue weighted by molar-refractivity contribution is -0.142. The molecule has 1 aliphatic carbocycles. The van der Waals surface area contributed by atoms with Crippen LogP contribution in [0.15, 0.2) is 48.5 Å².